The van der Waals surface area contributed by atoms with E-state index in [9.17, 15) is 4.39 Å². The van der Waals surface area contributed by atoms with Gasteiger partial charge in [-0.1, -0.05) is 36.0 Å². The number of hydrogen-bond donors (Lipinski definition) is 0. The van der Waals surface area contributed by atoms with Gasteiger partial charge in [-0.15, -0.1) is 0 Å². The molecule has 2 aromatic rings. The standard InChI is InChI=1S/C26H33FN2O5S/c1-29(2)26-28-22-24(33-16-18-7-11-20(31-4)12-8-18)23(21(13-14-27)34-25(22)35-26)32-15-17-5-9-19(30-3)10-6-17/h5-12,21-25H,13-16H2,1-4H3/t21-,22+,23-,24+,25+/m0/s1. The number of amidine groups is 1. The van der Waals surface area contributed by atoms with Crippen molar-refractivity contribution < 1.29 is 28.1 Å². The van der Waals surface area contributed by atoms with E-state index in [1.807, 2.05) is 67.5 Å². The fourth-order valence-electron chi connectivity index (χ4n) is 4.17. The van der Waals surface area contributed by atoms with Crippen LogP contribution in [0.25, 0.3) is 0 Å². The molecule has 0 aliphatic carbocycles. The fraction of sp³-hybridized carbons (Fsp3) is 0.500. The number of thioether (sulfide) groups is 1. The summed E-state index contributed by atoms with van der Waals surface area (Å²) in [5, 5.41) is 0.868. The van der Waals surface area contributed by atoms with Crippen LogP contribution in [0.4, 0.5) is 4.39 Å². The van der Waals surface area contributed by atoms with Crippen LogP contribution in [0.2, 0.25) is 0 Å². The number of ether oxygens (including phenoxy) is 5. The molecule has 1 fully saturated rings. The minimum Gasteiger partial charge on any atom is -0.497 e. The third kappa shape index (κ3) is 6.27. The zero-order valence-corrected chi connectivity index (χ0v) is 21.4. The van der Waals surface area contributed by atoms with Crippen LogP contribution < -0.4 is 9.47 Å². The second kappa shape index (κ2) is 12.1. The van der Waals surface area contributed by atoms with Crippen molar-refractivity contribution in [1.82, 2.24) is 4.90 Å². The number of benzene rings is 2. The number of hydrogen-bond acceptors (Lipinski definition) is 8. The number of aliphatic imine (C=N–C) groups is 1. The van der Waals surface area contributed by atoms with Crippen LogP contribution >= 0.6 is 11.8 Å². The third-order valence-corrected chi connectivity index (χ3v) is 7.38. The molecule has 1 saturated heterocycles. The predicted molar refractivity (Wildman–Crippen MR) is 135 cm³/mol. The fourth-order valence-corrected chi connectivity index (χ4v) is 5.32. The first-order chi connectivity index (χ1) is 17.0. The highest BCUT2D eigenvalue weighted by molar-refractivity contribution is 8.14. The lowest BCUT2D eigenvalue weighted by molar-refractivity contribution is -0.199. The minimum absolute atomic E-state index is 0.233. The van der Waals surface area contributed by atoms with Crippen molar-refractivity contribution in [3.63, 3.8) is 0 Å². The Balaban J connectivity index is 1.55. The maximum absolute atomic E-state index is 13.5. The number of halogens is 1. The summed E-state index contributed by atoms with van der Waals surface area (Å²) < 4.78 is 43.2. The zero-order valence-electron chi connectivity index (χ0n) is 20.6. The molecule has 5 atom stereocenters. The first-order valence-electron chi connectivity index (χ1n) is 11.6. The molecule has 2 aromatic carbocycles. The van der Waals surface area contributed by atoms with Gasteiger partial charge < -0.3 is 28.6 Å². The highest BCUT2D eigenvalue weighted by Crippen LogP contribution is 2.40. The molecule has 190 valence electrons. The summed E-state index contributed by atoms with van der Waals surface area (Å²) in [5.74, 6) is 1.57. The van der Waals surface area contributed by atoms with Gasteiger partial charge in [-0.05, 0) is 35.4 Å². The Labute approximate surface area is 210 Å². The lowest BCUT2D eigenvalue weighted by Gasteiger charge is -2.42. The number of nitrogens with zero attached hydrogens (tertiary/aromatic N) is 2. The van der Waals surface area contributed by atoms with E-state index in [1.165, 1.54) is 0 Å². The first-order valence-corrected chi connectivity index (χ1v) is 12.5. The lowest BCUT2D eigenvalue weighted by Crippen LogP contribution is -2.56. The maximum Gasteiger partial charge on any atom is 0.161 e. The summed E-state index contributed by atoms with van der Waals surface area (Å²) >= 11 is 1.55. The normalized spacial score (nSPS) is 25.6. The van der Waals surface area contributed by atoms with Crippen molar-refractivity contribution in [3.05, 3.63) is 59.7 Å². The third-order valence-electron chi connectivity index (χ3n) is 6.07. The zero-order chi connectivity index (χ0) is 24.8. The molecule has 0 saturated carbocycles. The van der Waals surface area contributed by atoms with Gasteiger partial charge in [-0.2, -0.15) is 0 Å². The van der Waals surface area contributed by atoms with Gasteiger partial charge in [-0.3, -0.25) is 9.38 Å². The molecule has 2 heterocycles. The number of fused-ring (bicyclic) bond motifs is 1. The molecule has 9 heteroatoms. The summed E-state index contributed by atoms with van der Waals surface area (Å²) in [6.45, 7) is 0.222. The van der Waals surface area contributed by atoms with E-state index in [-0.39, 0.29) is 17.9 Å². The second-order valence-electron chi connectivity index (χ2n) is 8.68. The molecule has 0 spiro atoms. The van der Waals surface area contributed by atoms with Crippen molar-refractivity contribution in [1.29, 1.82) is 0 Å². The molecule has 2 aliphatic heterocycles. The monoisotopic (exact) mass is 504 g/mol. The van der Waals surface area contributed by atoms with Gasteiger partial charge in [0.15, 0.2) is 5.17 Å². The van der Waals surface area contributed by atoms with E-state index < -0.39 is 25.0 Å². The van der Waals surface area contributed by atoms with E-state index in [4.69, 9.17) is 28.7 Å². The summed E-state index contributed by atoms with van der Waals surface area (Å²) in [6, 6.07) is 15.2. The Hall–Kier alpha value is -2.33. The van der Waals surface area contributed by atoms with Crippen molar-refractivity contribution in [2.75, 3.05) is 35.0 Å². The van der Waals surface area contributed by atoms with Gasteiger partial charge in [0, 0.05) is 20.5 Å². The molecule has 0 radical (unpaired) electrons. The number of alkyl halides is 1. The quantitative estimate of drug-likeness (QED) is 0.478. The Morgan fingerprint density at radius 1 is 0.886 bits per heavy atom. The molecular weight excluding hydrogens is 471 g/mol. The van der Waals surface area contributed by atoms with Crippen molar-refractivity contribution in [2.24, 2.45) is 4.99 Å². The van der Waals surface area contributed by atoms with Gasteiger partial charge in [0.1, 0.15) is 35.2 Å². The Morgan fingerprint density at radius 3 is 1.91 bits per heavy atom. The van der Waals surface area contributed by atoms with Crippen LogP contribution in [0.5, 0.6) is 11.5 Å². The molecule has 0 aromatic heterocycles. The van der Waals surface area contributed by atoms with Crippen LogP contribution in [-0.2, 0) is 27.4 Å². The van der Waals surface area contributed by atoms with Crippen LogP contribution in [-0.4, -0.2) is 74.8 Å². The van der Waals surface area contributed by atoms with E-state index in [0.717, 1.165) is 27.8 Å². The van der Waals surface area contributed by atoms with Crippen molar-refractivity contribution in [2.45, 2.75) is 49.4 Å². The largest absolute Gasteiger partial charge is 0.497 e. The summed E-state index contributed by atoms with van der Waals surface area (Å²) in [6.07, 6.45) is -1.07. The smallest absolute Gasteiger partial charge is 0.161 e. The van der Waals surface area contributed by atoms with Crippen LogP contribution in [0, 0.1) is 0 Å². The topological polar surface area (TPSA) is 61.8 Å². The summed E-state index contributed by atoms with van der Waals surface area (Å²) in [7, 11) is 7.18. The van der Waals surface area contributed by atoms with Gasteiger partial charge in [0.05, 0.1) is 40.2 Å². The van der Waals surface area contributed by atoms with Crippen LogP contribution in [0.15, 0.2) is 53.5 Å². The van der Waals surface area contributed by atoms with Crippen molar-refractivity contribution in [3.8, 4) is 11.5 Å². The lowest BCUT2D eigenvalue weighted by atomic mass is 9.95. The Bertz CT molecular complexity index is 973. The van der Waals surface area contributed by atoms with Crippen molar-refractivity contribution >= 4 is 16.9 Å². The van der Waals surface area contributed by atoms with Crippen LogP contribution in [0.3, 0.4) is 0 Å². The molecule has 7 nitrogen and oxygen atoms in total. The summed E-state index contributed by atoms with van der Waals surface area (Å²) in [4.78, 5) is 6.86. The van der Waals surface area contributed by atoms with E-state index in [2.05, 4.69) is 0 Å². The van der Waals surface area contributed by atoms with E-state index in [1.54, 1.807) is 26.0 Å². The van der Waals surface area contributed by atoms with Crippen LogP contribution in [0.1, 0.15) is 17.5 Å². The molecule has 0 unspecified atom stereocenters. The van der Waals surface area contributed by atoms with Gasteiger partial charge in [0.2, 0.25) is 0 Å². The molecule has 35 heavy (non-hydrogen) atoms. The summed E-state index contributed by atoms with van der Waals surface area (Å²) in [5.41, 5.74) is 1.75. The first kappa shape index (κ1) is 25.8. The molecule has 0 amide bonds. The number of rotatable bonds is 10. The molecule has 0 N–H and O–H groups in total. The predicted octanol–water partition coefficient (Wildman–Crippen LogP) is 4.29. The minimum atomic E-state index is -0.498. The highest BCUT2D eigenvalue weighted by Gasteiger charge is 2.50. The van der Waals surface area contributed by atoms with E-state index in [0.29, 0.717) is 13.2 Å². The SMILES string of the molecule is COc1ccc(CO[C@@H]2[C@H]3N=C(N(C)C)S[C@H]3O[C@@H](CCF)[C@@H]2OCc2ccc(OC)cc2)cc1. The Kier molecular flexibility index (Phi) is 8.89. The van der Waals surface area contributed by atoms with E-state index >= 15 is 0 Å². The average molecular weight is 505 g/mol. The second-order valence-corrected chi connectivity index (χ2v) is 9.75. The maximum atomic E-state index is 13.5. The Morgan fingerprint density at radius 2 is 1.43 bits per heavy atom. The molecule has 2 aliphatic rings. The molecular formula is C26H33FN2O5S. The van der Waals surface area contributed by atoms with Gasteiger partial charge in [0.25, 0.3) is 0 Å². The number of methoxy groups -OCH3 is 2. The molecule has 0 bridgehead atoms. The van der Waals surface area contributed by atoms with Gasteiger partial charge >= 0.3 is 0 Å². The van der Waals surface area contributed by atoms with Gasteiger partial charge in [-0.25, -0.2) is 0 Å². The average Bonchev–Trinajstić information content (AvgIpc) is 3.31. The highest BCUT2D eigenvalue weighted by atomic mass is 32.2. The molecule has 4 rings (SSSR count).